The SMILES string of the molecule is CCOC(=O)c1ccc(=O)oc1-c1cccs1. The van der Waals surface area contributed by atoms with E-state index in [0.717, 1.165) is 4.88 Å². The minimum Gasteiger partial charge on any atom is -0.462 e. The minimum absolute atomic E-state index is 0.269. The quantitative estimate of drug-likeness (QED) is 0.785. The lowest BCUT2D eigenvalue weighted by Gasteiger charge is -2.04. The Morgan fingerprint density at radius 3 is 2.88 bits per heavy atom. The molecule has 88 valence electrons. The predicted molar refractivity (Wildman–Crippen MR) is 64.2 cm³/mol. The zero-order chi connectivity index (χ0) is 12.3. The Labute approximate surface area is 101 Å². The standard InChI is InChI=1S/C12H10O4S/c1-2-15-12(14)8-5-6-10(13)16-11(8)9-4-3-7-17-9/h3-7H,2H2,1H3. The van der Waals surface area contributed by atoms with E-state index in [4.69, 9.17) is 9.15 Å². The van der Waals surface area contributed by atoms with Gasteiger partial charge < -0.3 is 9.15 Å². The number of ether oxygens (including phenoxy) is 1. The monoisotopic (exact) mass is 250 g/mol. The first-order valence-electron chi connectivity index (χ1n) is 5.07. The molecular weight excluding hydrogens is 240 g/mol. The second-order valence-corrected chi connectivity index (χ2v) is 4.14. The van der Waals surface area contributed by atoms with E-state index in [1.54, 1.807) is 13.0 Å². The minimum atomic E-state index is -0.486. The molecule has 0 atom stereocenters. The number of carbonyl (C=O) groups excluding carboxylic acids is 1. The summed E-state index contributed by atoms with van der Waals surface area (Å²) in [5, 5.41) is 1.84. The summed E-state index contributed by atoms with van der Waals surface area (Å²) in [6.45, 7) is 2.00. The Morgan fingerprint density at radius 1 is 1.41 bits per heavy atom. The molecule has 0 saturated carbocycles. The molecule has 0 spiro atoms. The molecule has 4 nitrogen and oxygen atoms in total. The van der Waals surface area contributed by atoms with E-state index in [2.05, 4.69) is 0 Å². The van der Waals surface area contributed by atoms with Crippen LogP contribution in [0.5, 0.6) is 0 Å². The second-order valence-electron chi connectivity index (χ2n) is 3.20. The summed E-state index contributed by atoms with van der Waals surface area (Å²) >= 11 is 1.39. The summed E-state index contributed by atoms with van der Waals surface area (Å²) in [5.41, 5.74) is -0.213. The molecule has 0 saturated heterocycles. The van der Waals surface area contributed by atoms with Crippen LogP contribution in [-0.4, -0.2) is 12.6 Å². The molecule has 2 aromatic heterocycles. The maximum Gasteiger partial charge on any atom is 0.341 e. The van der Waals surface area contributed by atoms with Crippen LogP contribution in [0.4, 0.5) is 0 Å². The van der Waals surface area contributed by atoms with Crippen molar-refractivity contribution in [3.8, 4) is 10.6 Å². The molecule has 2 heterocycles. The summed E-state index contributed by atoms with van der Waals surface area (Å²) in [6.07, 6.45) is 0. The van der Waals surface area contributed by atoms with E-state index in [9.17, 15) is 9.59 Å². The first-order valence-corrected chi connectivity index (χ1v) is 5.95. The largest absolute Gasteiger partial charge is 0.462 e. The van der Waals surface area contributed by atoms with Gasteiger partial charge >= 0.3 is 11.6 Å². The van der Waals surface area contributed by atoms with Crippen molar-refractivity contribution in [3.05, 3.63) is 45.6 Å². The number of rotatable bonds is 3. The van der Waals surface area contributed by atoms with Gasteiger partial charge in [0.1, 0.15) is 5.56 Å². The first-order chi connectivity index (χ1) is 8.22. The van der Waals surface area contributed by atoms with Crippen molar-refractivity contribution in [1.29, 1.82) is 0 Å². The number of hydrogen-bond acceptors (Lipinski definition) is 5. The summed E-state index contributed by atoms with van der Waals surface area (Å²) < 4.78 is 9.98. The van der Waals surface area contributed by atoms with Crippen LogP contribution in [0.15, 0.2) is 38.9 Å². The van der Waals surface area contributed by atoms with Crippen molar-refractivity contribution >= 4 is 17.3 Å². The van der Waals surface area contributed by atoms with Crippen LogP contribution in [0.25, 0.3) is 10.6 Å². The van der Waals surface area contributed by atoms with Crippen LogP contribution in [-0.2, 0) is 4.74 Å². The van der Waals surface area contributed by atoms with E-state index < -0.39 is 11.6 Å². The molecule has 5 heteroatoms. The van der Waals surface area contributed by atoms with Crippen LogP contribution in [0.3, 0.4) is 0 Å². The fourth-order valence-electron chi connectivity index (χ4n) is 1.38. The third-order valence-corrected chi connectivity index (χ3v) is 2.94. The molecular formula is C12H10O4S. The molecule has 0 bridgehead atoms. The third-order valence-electron chi connectivity index (χ3n) is 2.07. The van der Waals surface area contributed by atoms with Gasteiger partial charge in [-0.3, -0.25) is 0 Å². The number of esters is 1. The maximum atomic E-state index is 11.7. The summed E-state index contributed by atoms with van der Waals surface area (Å²) in [5.74, 6) is -0.217. The van der Waals surface area contributed by atoms with Crippen molar-refractivity contribution in [1.82, 2.24) is 0 Å². The van der Waals surface area contributed by atoms with Gasteiger partial charge in [-0.25, -0.2) is 9.59 Å². The number of carbonyl (C=O) groups is 1. The summed E-state index contributed by atoms with van der Waals surface area (Å²) in [4.78, 5) is 23.6. The van der Waals surface area contributed by atoms with Crippen LogP contribution in [0.2, 0.25) is 0 Å². The van der Waals surface area contributed by atoms with E-state index in [0.29, 0.717) is 0 Å². The zero-order valence-corrected chi connectivity index (χ0v) is 9.95. The first kappa shape index (κ1) is 11.6. The Hall–Kier alpha value is -1.88. The predicted octanol–water partition coefficient (Wildman–Crippen LogP) is 2.55. The van der Waals surface area contributed by atoms with Gasteiger partial charge in [0, 0.05) is 6.07 Å². The molecule has 2 rings (SSSR count). The highest BCUT2D eigenvalue weighted by Crippen LogP contribution is 2.27. The molecule has 0 unspecified atom stereocenters. The van der Waals surface area contributed by atoms with Gasteiger partial charge in [-0.05, 0) is 24.4 Å². The maximum absolute atomic E-state index is 11.7. The second kappa shape index (κ2) is 4.97. The van der Waals surface area contributed by atoms with E-state index in [-0.39, 0.29) is 17.9 Å². The average Bonchev–Trinajstić information content (AvgIpc) is 2.82. The Balaban J connectivity index is 2.52. The Bertz CT molecular complexity index is 568. The lowest BCUT2D eigenvalue weighted by atomic mass is 10.2. The molecule has 0 radical (unpaired) electrons. The third kappa shape index (κ3) is 2.45. The molecule has 0 aliphatic heterocycles. The van der Waals surface area contributed by atoms with Crippen LogP contribution < -0.4 is 5.63 Å². The van der Waals surface area contributed by atoms with Gasteiger partial charge in [-0.15, -0.1) is 11.3 Å². The fraction of sp³-hybridized carbons (Fsp3) is 0.167. The van der Waals surface area contributed by atoms with Crippen molar-refractivity contribution in [2.24, 2.45) is 0 Å². The Kier molecular flexibility index (Phi) is 3.39. The highest BCUT2D eigenvalue weighted by Gasteiger charge is 2.17. The lowest BCUT2D eigenvalue weighted by Crippen LogP contribution is -2.09. The van der Waals surface area contributed by atoms with Gasteiger partial charge in [-0.1, -0.05) is 6.07 Å². The van der Waals surface area contributed by atoms with Gasteiger partial charge in [0.25, 0.3) is 0 Å². The number of hydrogen-bond donors (Lipinski definition) is 0. The van der Waals surface area contributed by atoms with Crippen molar-refractivity contribution in [2.75, 3.05) is 6.61 Å². The molecule has 2 aromatic rings. The van der Waals surface area contributed by atoms with Crippen molar-refractivity contribution in [2.45, 2.75) is 6.92 Å². The molecule has 0 aliphatic carbocycles. The lowest BCUT2D eigenvalue weighted by molar-refractivity contribution is 0.0525. The van der Waals surface area contributed by atoms with Gasteiger partial charge in [0.15, 0.2) is 5.76 Å². The molecule has 0 amide bonds. The zero-order valence-electron chi connectivity index (χ0n) is 9.14. The van der Waals surface area contributed by atoms with E-state index in [1.165, 1.54) is 23.5 Å². The molecule has 17 heavy (non-hydrogen) atoms. The normalized spacial score (nSPS) is 10.2. The summed E-state index contributed by atoms with van der Waals surface area (Å²) in [7, 11) is 0. The van der Waals surface area contributed by atoms with Crippen molar-refractivity contribution < 1.29 is 13.9 Å². The average molecular weight is 250 g/mol. The summed E-state index contributed by atoms with van der Waals surface area (Å²) in [6, 6.07) is 6.25. The molecule has 0 N–H and O–H groups in total. The van der Waals surface area contributed by atoms with Gasteiger partial charge in [-0.2, -0.15) is 0 Å². The van der Waals surface area contributed by atoms with Gasteiger partial charge in [0.05, 0.1) is 11.5 Å². The van der Waals surface area contributed by atoms with E-state index in [1.807, 2.05) is 11.4 Å². The molecule has 0 aromatic carbocycles. The van der Waals surface area contributed by atoms with Crippen LogP contribution in [0, 0.1) is 0 Å². The topological polar surface area (TPSA) is 56.5 Å². The molecule has 0 aliphatic rings. The van der Waals surface area contributed by atoms with Crippen molar-refractivity contribution in [3.63, 3.8) is 0 Å². The smallest absolute Gasteiger partial charge is 0.341 e. The van der Waals surface area contributed by atoms with Crippen LogP contribution >= 0.6 is 11.3 Å². The highest BCUT2D eigenvalue weighted by molar-refractivity contribution is 7.13. The highest BCUT2D eigenvalue weighted by atomic mass is 32.1. The van der Waals surface area contributed by atoms with Gasteiger partial charge in [0.2, 0.25) is 0 Å². The Morgan fingerprint density at radius 2 is 2.24 bits per heavy atom. The van der Waals surface area contributed by atoms with E-state index >= 15 is 0 Å². The van der Waals surface area contributed by atoms with Crippen LogP contribution in [0.1, 0.15) is 17.3 Å². The molecule has 0 fully saturated rings. The number of thiophene rings is 1. The fourth-order valence-corrected chi connectivity index (χ4v) is 2.10.